The summed E-state index contributed by atoms with van der Waals surface area (Å²) in [6.07, 6.45) is 0.582. The normalized spacial score (nSPS) is 28.6. The van der Waals surface area contributed by atoms with Gasteiger partial charge in [0, 0.05) is 6.42 Å². The van der Waals surface area contributed by atoms with Crippen molar-refractivity contribution in [1.29, 1.82) is 0 Å². The number of amides is 1. The minimum atomic E-state index is -0.727. The summed E-state index contributed by atoms with van der Waals surface area (Å²) in [5.74, 6) is -0.792. The standard InChI is InChI=1S/C7H12N2O3/c1-7(9-4-5(8)10)2-3-12-6(7)11/h9H,2-4H2,1H3,(H2,8,10). The van der Waals surface area contributed by atoms with E-state index in [1.165, 1.54) is 0 Å². The van der Waals surface area contributed by atoms with Gasteiger partial charge in [0.15, 0.2) is 0 Å². The second kappa shape index (κ2) is 3.10. The number of ether oxygens (including phenoxy) is 1. The molecule has 1 rings (SSSR count). The Bertz CT molecular complexity index is 217. The Morgan fingerprint density at radius 2 is 2.50 bits per heavy atom. The van der Waals surface area contributed by atoms with Crippen LogP contribution in [0.5, 0.6) is 0 Å². The highest BCUT2D eigenvalue weighted by atomic mass is 16.5. The molecule has 0 aromatic heterocycles. The van der Waals surface area contributed by atoms with Crippen LogP contribution in [0.2, 0.25) is 0 Å². The quantitative estimate of drug-likeness (QED) is 0.522. The molecule has 1 amide bonds. The maximum atomic E-state index is 11.1. The lowest BCUT2D eigenvalue weighted by molar-refractivity contribution is -0.142. The summed E-state index contributed by atoms with van der Waals surface area (Å²) < 4.78 is 4.75. The molecule has 1 aliphatic rings. The van der Waals surface area contributed by atoms with Gasteiger partial charge in [-0.05, 0) is 6.92 Å². The molecule has 1 heterocycles. The van der Waals surface area contributed by atoms with E-state index in [0.29, 0.717) is 13.0 Å². The van der Waals surface area contributed by atoms with E-state index in [1.54, 1.807) is 6.92 Å². The molecule has 0 aromatic carbocycles. The van der Waals surface area contributed by atoms with Gasteiger partial charge in [0.05, 0.1) is 13.2 Å². The van der Waals surface area contributed by atoms with E-state index in [2.05, 4.69) is 5.32 Å². The largest absolute Gasteiger partial charge is 0.464 e. The van der Waals surface area contributed by atoms with Crippen LogP contribution in [0.4, 0.5) is 0 Å². The van der Waals surface area contributed by atoms with Gasteiger partial charge in [-0.3, -0.25) is 14.9 Å². The summed E-state index contributed by atoms with van der Waals surface area (Å²) in [5, 5.41) is 2.76. The summed E-state index contributed by atoms with van der Waals surface area (Å²) in [7, 11) is 0. The Morgan fingerprint density at radius 3 is 2.92 bits per heavy atom. The first-order chi connectivity index (χ1) is 5.54. The minimum absolute atomic E-state index is 0.00556. The molecule has 5 heteroatoms. The number of carbonyl (C=O) groups excluding carboxylic acids is 2. The van der Waals surface area contributed by atoms with Gasteiger partial charge in [-0.1, -0.05) is 0 Å². The van der Waals surface area contributed by atoms with Crippen LogP contribution in [-0.2, 0) is 14.3 Å². The molecule has 0 bridgehead atoms. The molecule has 0 saturated carbocycles. The zero-order valence-corrected chi connectivity index (χ0v) is 6.92. The van der Waals surface area contributed by atoms with Crippen molar-refractivity contribution >= 4 is 11.9 Å². The van der Waals surface area contributed by atoms with Crippen LogP contribution in [0, 0.1) is 0 Å². The molecule has 12 heavy (non-hydrogen) atoms. The zero-order valence-electron chi connectivity index (χ0n) is 6.92. The van der Waals surface area contributed by atoms with E-state index in [4.69, 9.17) is 10.5 Å². The lowest BCUT2D eigenvalue weighted by Gasteiger charge is -2.19. The second-order valence-electron chi connectivity index (χ2n) is 3.04. The fourth-order valence-corrected chi connectivity index (χ4v) is 1.05. The Kier molecular flexibility index (Phi) is 2.32. The highest BCUT2D eigenvalue weighted by molar-refractivity contribution is 5.83. The Balaban J connectivity index is 2.48. The van der Waals surface area contributed by atoms with Crippen LogP contribution in [0.25, 0.3) is 0 Å². The summed E-state index contributed by atoms with van der Waals surface area (Å²) in [6, 6.07) is 0. The molecular weight excluding hydrogens is 160 g/mol. The number of cyclic esters (lactones) is 1. The van der Waals surface area contributed by atoms with Crippen LogP contribution in [0.15, 0.2) is 0 Å². The third kappa shape index (κ3) is 1.73. The fraction of sp³-hybridized carbons (Fsp3) is 0.714. The molecule has 1 aliphatic heterocycles. The molecule has 0 radical (unpaired) electrons. The Hall–Kier alpha value is -1.10. The first-order valence-electron chi connectivity index (χ1n) is 3.75. The van der Waals surface area contributed by atoms with E-state index in [0.717, 1.165) is 0 Å². The molecule has 5 nitrogen and oxygen atoms in total. The van der Waals surface area contributed by atoms with Gasteiger partial charge in [0.25, 0.3) is 0 Å². The summed E-state index contributed by atoms with van der Waals surface area (Å²) >= 11 is 0. The predicted octanol–water partition coefficient (Wildman–Crippen LogP) is -1.23. The number of hydrogen-bond acceptors (Lipinski definition) is 4. The van der Waals surface area contributed by atoms with Gasteiger partial charge in [-0.15, -0.1) is 0 Å². The third-order valence-electron chi connectivity index (χ3n) is 1.94. The molecule has 1 atom stereocenters. The number of hydrogen-bond donors (Lipinski definition) is 2. The van der Waals surface area contributed by atoms with Gasteiger partial charge in [-0.25, -0.2) is 0 Å². The molecule has 68 valence electrons. The first kappa shape index (κ1) is 8.99. The lowest BCUT2D eigenvalue weighted by atomic mass is 10.0. The van der Waals surface area contributed by atoms with Crippen molar-refractivity contribution in [2.45, 2.75) is 18.9 Å². The van der Waals surface area contributed by atoms with Crippen molar-refractivity contribution < 1.29 is 14.3 Å². The Labute approximate surface area is 70.2 Å². The maximum absolute atomic E-state index is 11.1. The first-order valence-corrected chi connectivity index (χ1v) is 3.75. The monoisotopic (exact) mass is 172 g/mol. The number of nitrogens with one attached hydrogen (secondary N) is 1. The average molecular weight is 172 g/mol. The molecule has 1 unspecified atom stereocenters. The highest BCUT2D eigenvalue weighted by Crippen LogP contribution is 2.18. The van der Waals surface area contributed by atoms with Crippen molar-refractivity contribution in [3.05, 3.63) is 0 Å². The van der Waals surface area contributed by atoms with Gasteiger partial charge in [0.2, 0.25) is 5.91 Å². The van der Waals surface area contributed by atoms with Crippen LogP contribution in [0.3, 0.4) is 0 Å². The van der Waals surface area contributed by atoms with E-state index < -0.39 is 11.4 Å². The Morgan fingerprint density at radius 1 is 1.83 bits per heavy atom. The van der Waals surface area contributed by atoms with Crippen molar-refractivity contribution in [2.24, 2.45) is 5.73 Å². The maximum Gasteiger partial charge on any atom is 0.326 e. The van der Waals surface area contributed by atoms with Crippen LogP contribution in [0.1, 0.15) is 13.3 Å². The van der Waals surface area contributed by atoms with Crippen molar-refractivity contribution in [3.63, 3.8) is 0 Å². The van der Waals surface area contributed by atoms with Crippen LogP contribution in [-0.4, -0.2) is 30.6 Å². The van der Waals surface area contributed by atoms with Crippen LogP contribution < -0.4 is 11.1 Å². The molecule has 1 fully saturated rings. The number of primary amides is 1. The minimum Gasteiger partial charge on any atom is -0.464 e. The van der Waals surface area contributed by atoms with E-state index in [-0.39, 0.29) is 12.5 Å². The van der Waals surface area contributed by atoms with Gasteiger partial charge in [0.1, 0.15) is 5.54 Å². The molecule has 0 aromatic rings. The van der Waals surface area contributed by atoms with Crippen molar-refractivity contribution in [3.8, 4) is 0 Å². The van der Waals surface area contributed by atoms with Crippen LogP contribution >= 0.6 is 0 Å². The molecule has 3 N–H and O–H groups in total. The summed E-state index contributed by atoms with van der Waals surface area (Å²) in [6.45, 7) is 2.11. The van der Waals surface area contributed by atoms with Crippen molar-refractivity contribution in [1.82, 2.24) is 5.32 Å². The average Bonchev–Trinajstić information content (AvgIpc) is 2.30. The predicted molar refractivity (Wildman–Crippen MR) is 41.2 cm³/mol. The van der Waals surface area contributed by atoms with Gasteiger partial charge >= 0.3 is 5.97 Å². The number of nitrogens with two attached hydrogens (primary N) is 1. The summed E-state index contributed by atoms with van der Waals surface area (Å²) in [5.41, 5.74) is 4.19. The van der Waals surface area contributed by atoms with E-state index in [9.17, 15) is 9.59 Å². The zero-order chi connectivity index (χ0) is 9.19. The number of esters is 1. The lowest BCUT2D eigenvalue weighted by Crippen LogP contribution is -2.49. The van der Waals surface area contributed by atoms with E-state index >= 15 is 0 Å². The summed E-state index contributed by atoms with van der Waals surface area (Å²) in [4.78, 5) is 21.5. The highest BCUT2D eigenvalue weighted by Gasteiger charge is 2.39. The van der Waals surface area contributed by atoms with Gasteiger partial charge < -0.3 is 10.5 Å². The molecule has 0 aliphatic carbocycles. The van der Waals surface area contributed by atoms with Gasteiger partial charge in [-0.2, -0.15) is 0 Å². The smallest absolute Gasteiger partial charge is 0.326 e. The van der Waals surface area contributed by atoms with E-state index in [1.807, 2.05) is 0 Å². The third-order valence-corrected chi connectivity index (χ3v) is 1.94. The fourth-order valence-electron chi connectivity index (χ4n) is 1.05. The second-order valence-corrected chi connectivity index (χ2v) is 3.04. The molecule has 0 spiro atoms. The van der Waals surface area contributed by atoms with Crippen molar-refractivity contribution in [2.75, 3.05) is 13.2 Å². The topological polar surface area (TPSA) is 81.4 Å². The number of rotatable bonds is 3. The molecular formula is C7H12N2O3. The SMILES string of the molecule is CC1(NCC(N)=O)CCOC1=O. The number of carbonyl (C=O) groups is 2. The molecule has 1 saturated heterocycles.